The minimum absolute atomic E-state index is 0.826. The summed E-state index contributed by atoms with van der Waals surface area (Å²) in [4.78, 5) is 2.59. The van der Waals surface area contributed by atoms with E-state index in [0.717, 1.165) is 11.4 Å². The molecule has 1 aromatic carbocycles. The predicted octanol–water partition coefficient (Wildman–Crippen LogP) is 4.39. The van der Waals surface area contributed by atoms with Crippen molar-refractivity contribution in [2.24, 2.45) is 0 Å². The summed E-state index contributed by atoms with van der Waals surface area (Å²) < 4.78 is 1.19. The zero-order valence-corrected chi connectivity index (χ0v) is 11.2. The highest BCUT2D eigenvalue weighted by Gasteiger charge is 1.99. The van der Waals surface area contributed by atoms with Crippen LogP contribution in [0.2, 0.25) is 0 Å². The molecule has 0 saturated carbocycles. The first-order valence-corrected chi connectivity index (χ1v) is 7.06. The number of thioether (sulfide) groups is 1. The van der Waals surface area contributed by atoms with Gasteiger partial charge in [-0.15, -0.1) is 23.1 Å². The van der Waals surface area contributed by atoms with Crippen LogP contribution in [0.5, 0.6) is 0 Å². The zero-order valence-electron chi connectivity index (χ0n) is 7.94. The molecule has 0 atom stereocenters. The van der Waals surface area contributed by atoms with Crippen LogP contribution in [-0.2, 0) is 5.75 Å². The van der Waals surface area contributed by atoms with E-state index in [0.29, 0.717) is 0 Å². The van der Waals surface area contributed by atoms with Gasteiger partial charge in [0.15, 0.2) is 0 Å². The lowest BCUT2D eigenvalue weighted by molar-refractivity contribution is 1.43. The van der Waals surface area contributed by atoms with E-state index in [1.165, 1.54) is 13.6 Å². The van der Waals surface area contributed by atoms with Crippen molar-refractivity contribution in [3.63, 3.8) is 0 Å². The van der Waals surface area contributed by atoms with Gasteiger partial charge in [-0.3, -0.25) is 0 Å². The van der Waals surface area contributed by atoms with Crippen molar-refractivity contribution < 1.29 is 0 Å². The number of benzene rings is 1. The normalized spacial score (nSPS) is 10.5. The van der Waals surface area contributed by atoms with Gasteiger partial charge in [-0.1, -0.05) is 6.07 Å². The molecule has 0 fully saturated rings. The highest BCUT2D eigenvalue weighted by atomic mass is 79.9. The maximum atomic E-state index is 5.71. The van der Waals surface area contributed by atoms with E-state index in [1.807, 2.05) is 30.0 Å². The van der Waals surface area contributed by atoms with E-state index in [4.69, 9.17) is 5.73 Å². The van der Waals surface area contributed by atoms with Crippen LogP contribution in [0.4, 0.5) is 5.69 Å². The van der Waals surface area contributed by atoms with E-state index < -0.39 is 0 Å². The fraction of sp³-hybridized carbons (Fsp3) is 0.0909. The Morgan fingerprint density at radius 3 is 2.80 bits per heavy atom. The molecule has 0 bridgehead atoms. The molecule has 15 heavy (non-hydrogen) atoms. The molecule has 2 aromatic rings. The van der Waals surface area contributed by atoms with Crippen molar-refractivity contribution in [1.29, 1.82) is 0 Å². The zero-order chi connectivity index (χ0) is 10.7. The average molecular weight is 300 g/mol. The predicted molar refractivity (Wildman–Crippen MR) is 72.4 cm³/mol. The number of anilines is 1. The Kier molecular flexibility index (Phi) is 3.72. The Morgan fingerprint density at radius 1 is 1.27 bits per heavy atom. The van der Waals surface area contributed by atoms with Crippen molar-refractivity contribution in [2.75, 3.05) is 5.73 Å². The molecule has 0 aliphatic rings. The number of halogens is 1. The summed E-state index contributed by atoms with van der Waals surface area (Å²) in [5.74, 6) is 1.000. The number of rotatable bonds is 3. The summed E-state index contributed by atoms with van der Waals surface area (Å²) in [7, 11) is 0. The Hall–Kier alpha value is -0.450. The maximum Gasteiger partial charge on any atom is 0.0701 e. The minimum atomic E-state index is 0.826. The van der Waals surface area contributed by atoms with Gasteiger partial charge in [0.1, 0.15) is 0 Å². The van der Waals surface area contributed by atoms with Gasteiger partial charge >= 0.3 is 0 Å². The summed E-state index contributed by atoms with van der Waals surface area (Å²) in [6, 6.07) is 12.2. The SMILES string of the molecule is Nc1cccc(SCc2ccc(Br)s2)c1. The number of hydrogen-bond acceptors (Lipinski definition) is 3. The van der Waals surface area contributed by atoms with Crippen molar-refractivity contribution in [3.8, 4) is 0 Å². The van der Waals surface area contributed by atoms with E-state index in [1.54, 1.807) is 11.3 Å². The third-order valence-electron chi connectivity index (χ3n) is 1.87. The summed E-state index contributed by atoms with van der Waals surface area (Å²) in [6.45, 7) is 0. The van der Waals surface area contributed by atoms with Crippen LogP contribution < -0.4 is 5.73 Å². The molecule has 0 spiro atoms. The van der Waals surface area contributed by atoms with Crippen molar-refractivity contribution in [3.05, 3.63) is 45.1 Å². The lowest BCUT2D eigenvalue weighted by Crippen LogP contribution is -1.83. The van der Waals surface area contributed by atoms with Crippen LogP contribution in [-0.4, -0.2) is 0 Å². The average Bonchev–Trinajstić information content (AvgIpc) is 2.62. The fourth-order valence-corrected chi connectivity index (χ4v) is 3.68. The highest BCUT2D eigenvalue weighted by Crippen LogP contribution is 2.29. The summed E-state index contributed by atoms with van der Waals surface area (Å²) >= 11 is 7.05. The second-order valence-electron chi connectivity index (χ2n) is 3.07. The van der Waals surface area contributed by atoms with E-state index in [9.17, 15) is 0 Å². The Balaban J connectivity index is 1.99. The molecule has 2 N–H and O–H groups in total. The van der Waals surface area contributed by atoms with Gasteiger partial charge in [0, 0.05) is 21.2 Å². The topological polar surface area (TPSA) is 26.0 Å². The number of hydrogen-bond donors (Lipinski definition) is 1. The molecule has 2 rings (SSSR count). The van der Waals surface area contributed by atoms with Crippen LogP contribution in [0.25, 0.3) is 0 Å². The smallest absolute Gasteiger partial charge is 0.0701 e. The molecule has 78 valence electrons. The second-order valence-corrected chi connectivity index (χ2v) is 6.66. The van der Waals surface area contributed by atoms with Gasteiger partial charge in [0.25, 0.3) is 0 Å². The first kappa shape index (κ1) is 11.0. The van der Waals surface area contributed by atoms with Crippen LogP contribution in [0.3, 0.4) is 0 Å². The van der Waals surface area contributed by atoms with E-state index in [2.05, 4.69) is 34.1 Å². The second kappa shape index (κ2) is 5.05. The van der Waals surface area contributed by atoms with Gasteiger partial charge in [-0.25, -0.2) is 0 Å². The Labute approximate surface area is 106 Å². The quantitative estimate of drug-likeness (QED) is 0.672. The maximum absolute atomic E-state index is 5.71. The number of nitrogen functional groups attached to an aromatic ring is 1. The molecule has 1 nitrogen and oxygen atoms in total. The monoisotopic (exact) mass is 299 g/mol. The van der Waals surface area contributed by atoms with Crippen molar-refractivity contribution in [2.45, 2.75) is 10.6 Å². The lowest BCUT2D eigenvalue weighted by Gasteiger charge is -2.00. The molecular formula is C11H10BrNS2. The largest absolute Gasteiger partial charge is 0.399 e. The van der Waals surface area contributed by atoms with Crippen molar-refractivity contribution >= 4 is 44.7 Å². The van der Waals surface area contributed by atoms with E-state index >= 15 is 0 Å². The molecule has 0 aliphatic carbocycles. The van der Waals surface area contributed by atoms with Gasteiger partial charge in [-0.2, -0.15) is 0 Å². The first-order chi connectivity index (χ1) is 7.24. The van der Waals surface area contributed by atoms with Gasteiger partial charge < -0.3 is 5.73 Å². The Morgan fingerprint density at radius 2 is 2.13 bits per heavy atom. The van der Waals surface area contributed by atoms with Gasteiger partial charge in [-0.05, 0) is 46.3 Å². The standard InChI is InChI=1S/C11H10BrNS2/c12-11-5-4-10(15-11)7-14-9-3-1-2-8(13)6-9/h1-6H,7,13H2. The highest BCUT2D eigenvalue weighted by molar-refractivity contribution is 9.11. The summed E-state index contributed by atoms with van der Waals surface area (Å²) in [5, 5.41) is 0. The molecule has 1 aromatic heterocycles. The van der Waals surface area contributed by atoms with Crippen molar-refractivity contribution in [1.82, 2.24) is 0 Å². The fourth-order valence-electron chi connectivity index (χ4n) is 1.19. The Bertz CT molecular complexity index is 453. The molecule has 0 amide bonds. The molecule has 0 radical (unpaired) electrons. The summed E-state index contributed by atoms with van der Waals surface area (Å²) in [5.41, 5.74) is 6.54. The lowest BCUT2D eigenvalue weighted by atomic mass is 10.3. The van der Waals surface area contributed by atoms with Gasteiger partial charge in [0.2, 0.25) is 0 Å². The number of nitrogens with two attached hydrogens (primary N) is 1. The molecule has 1 heterocycles. The van der Waals surface area contributed by atoms with Gasteiger partial charge in [0.05, 0.1) is 3.79 Å². The summed E-state index contributed by atoms with van der Waals surface area (Å²) in [6.07, 6.45) is 0. The molecule has 0 aliphatic heterocycles. The number of thiophene rings is 1. The molecular weight excluding hydrogens is 290 g/mol. The van der Waals surface area contributed by atoms with Crippen LogP contribution in [0.1, 0.15) is 4.88 Å². The molecule has 0 saturated heterocycles. The minimum Gasteiger partial charge on any atom is -0.399 e. The third-order valence-corrected chi connectivity index (χ3v) is 4.72. The van der Waals surface area contributed by atoms with Crippen LogP contribution in [0, 0.1) is 0 Å². The van der Waals surface area contributed by atoms with Crippen LogP contribution in [0.15, 0.2) is 45.1 Å². The third kappa shape index (κ3) is 3.26. The van der Waals surface area contributed by atoms with Crippen LogP contribution >= 0.6 is 39.0 Å². The molecule has 4 heteroatoms. The molecule has 0 unspecified atom stereocenters. The first-order valence-electron chi connectivity index (χ1n) is 4.46. The van der Waals surface area contributed by atoms with E-state index in [-0.39, 0.29) is 0 Å².